The molecule has 206 valence electrons. The quantitative estimate of drug-likeness (QED) is 0.261. The summed E-state index contributed by atoms with van der Waals surface area (Å²) in [5.74, 6) is 1.35. The van der Waals surface area contributed by atoms with Crippen LogP contribution in [-0.2, 0) is 9.47 Å². The van der Waals surface area contributed by atoms with Crippen molar-refractivity contribution in [2.45, 2.75) is 58.0 Å². The van der Waals surface area contributed by atoms with Crippen molar-refractivity contribution in [3.63, 3.8) is 0 Å². The number of carbonyl (C=O) groups is 1. The summed E-state index contributed by atoms with van der Waals surface area (Å²) in [6.07, 6.45) is -0.510. The zero-order chi connectivity index (χ0) is 28.3. The highest BCUT2D eigenvalue weighted by atomic mass is 16.6. The first-order valence-corrected chi connectivity index (χ1v) is 12.2. The van der Waals surface area contributed by atoms with Crippen LogP contribution in [-0.4, -0.2) is 62.0 Å². The van der Waals surface area contributed by atoms with Gasteiger partial charge in [-0.3, -0.25) is 4.90 Å². The molecule has 38 heavy (non-hydrogen) atoms. The second kappa shape index (κ2) is 11.4. The molecule has 0 bridgehead atoms. The van der Waals surface area contributed by atoms with Crippen molar-refractivity contribution >= 4 is 6.09 Å². The van der Waals surface area contributed by atoms with Crippen LogP contribution < -0.4 is 14.2 Å². The molecule has 1 N–H and O–H groups in total. The molecule has 2 aromatic rings. The number of azide groups is 1. The lowest BCUT2D eigenvalue weighted by Gasteiger charge is -2.35. The minimum atomic E-state index is -0.930. The van der Waals surface area contributed by atoms with E-state index in [0.29, 0.717) is 39.5 Å². The van der Waals surface area contributed by atoms with E-state index in [0.717, 1.165) is 0 Å². The van der Waals surface area contributed by atoms with Crippen LogP contribution in [0.3, 0.4) is 0 Å². The number of nitrogens with zero attached hydrogens (tertiary/aromatic N) is 4. The van der Waals surface area contributed by atoms with Gasteiger partial charge in [-0.2, -0.15) is 0 Å². The van der Waals surface area contributed by atoms with Crippen molar-refractivity contribution in [1.82, 2.24) is 4.90 Å². The molecule has 2 atom stereocenters. The summed E-state index contributed by atoms with van der Waals surface area (Å²) in [6.45, 7) is 8.83. The first-order chi connectivity index (χ1) is 17.9. The number of rotatable bonds is 8. The Hall–Kier alpha value is -3.66. The lowest BCUT2D eigenvalue weighted by molar-refractivity contribution is -0.0626. The Balaban J connectivity index is 2.27. The molecular weight excluding hydrogens is 492 g/mol. The number of hydrogen-bond donors (Lipinski definition) is 1. The van der Waals surface area contributed by atoms with Gasteiger partial charge in [0, 0.05) is 27.7 Å². The van der Waals surface area contributed by atoms with Crippen LogP contribution in [0.1, 0.15) is 57.8 Å². The van der Waals surface area contributed by atoms with Crippen molar-refractivity contribution in [3.8, 4) is 28.4 Å². The van der Waals surface area contributed by atoms with Crippen LogP contribution >= 0.6 is 0 Å². The van der Waals surface area contributed by atoms with Crippen molar-refractivity contribution < 1.29 is 33.6 Å². The van der Waals surface area contributed by atoms with Gasteiger partial charge in [-0.05, 0) is 51.8 Å². The van der Waals surface area contributed by atoms with E-state index in [4.69, 9.17) is 29.2 Å². The van der Waals surface area contributed by atoms with Gasteiger partial charge in [0.05, 0.1) is 46.6 Å². The van der Waals surface area contributed by atoms with E-state index >= 15 is 0 Å². The lowest BCUT2D eigenvalue weighted by atomic mass is 9.90. The summed E-state index contributed by atoms with van der Waals surface area (Å²) >= 11 is 0. The second-order valence-electron chi connectivity index (χ2n) is 10.2. The Morgan fingerprint density at radius 2 is 1.95 bits per heavy atom. The molecule has 1 aliphatic rings. The largest absolute Gasteiger partial charge is 0.497 e. The Kier molecular flexibility index (Phi) is 8.66. The van der Waals surface area contributed by atoms with Gasteiger partial charge in [-0.25, -0.2) is 4.79 Å². The Labute approximate surface area is 222 Å². The van der Waals surface area contributed by atoms with E-state index < -0.39 is 36.1 Å². The van der Waals surface area contributed by atoms with Crippen LogP contribution in [0.2, 0.25) is 0 Å². The minimum absolute atomic E-state index is 0.219. The fraction of sp³-hybridized carbons (Fsp3) is 0.519. The molecule has 0 aromatic heterocycles. The molecule has 1 fully saturated rings. The van der Waals surface area contributed by atoms with Crippen molar-refractivity contribution in [2.75, 3.05) is 34.5 Å². The van der Waals surface area contributed by atoms with Crippen LogP contribution in [0.5, 0.6) is 17.2 Å². The molecule has 1 aliphatic heterocycles. The molecule has 0 radical (unpaired) electrons. The highest BCUT2D eigenvalue weighted by Crippen LogP contribution is 2.48. The molecule has 11 heteroatoms. The number of aliphatic hydroxyl groups is 1. The molecule has 0 spiro atoms. The maximum atomic E-state index is 13.3. The molecule has 1 amide bonds. The average Bonchev–Trinajstić information content (AvgIpc) is 3.19. The molecule has 1 heterocycles. The number of para-hydroxylation sites is 1. The van der Waals surface area contributed by atoms with Gasteiger partial charge in [-0.15, -0.1) is 0 Å². The van der Waals surface area contributed by atoms with Gasteiger partial charge in [0.1, 0.15) is 28.6 Å². The Morgan fingerprint density at radius 1 is 1.24 bits per heavy atom. The van der Waals surface area contributed by atoms with Gasteiger partial charge in [0.15, 0.2) is 0 Å². The monoisotopic (exact) mass is 528 g/mol. The van der Waals surface area contributed by atoms with Gasteiger partial charge < -0.3 is 28.8 Å². The average molecular weight is 529 g/mol. The van der Waals surface area contributed by atoms with Crippen molar-refractivity contribution in [1.29, 1.82) is 0 Å². The molecular formula is C27H36N4O7. The van der Waals surface area contributed by atoms with Gasteiger partial charge in [0.2, 0.25) is 0 Å². The molecule has 11 nitrogen and oxygen atoms in total. The maximum absolute atomic E-state index is 13.3. The highest BCUT2D eigenvalue weighted by molar-refractivity contribution is 5.82. The van der Waals surface area contributed by atoms with Gasteiger partial charge >= 0.3 is 6.09 Å². The zero-order valence-electron chi connectivity index (χ0n) is 23.1. The van der Waals surface area contributed by atoms with E-state index in [1.807, 2.05) is 52.8 Å². The third kappa shape index (κ3) is 5.75. The summed E-state index contributed by atoms with van der Waals surface area (Å²) in [6, 6.07) is 7.48. The number of hydrogen-bond acceptors (Lipinski definition) is 8. The smallest absolute Gasteiger partial charge is 0.413 e. The van der Waals surface area contributed by atoms with Gasteiger partial charge in [-0.1, -0.05) is 23.3 Å². The highest BCUT2D eigenvalue weighted by Gasteiger charge is 2.47. The van der Waals surface area contributed by atoms with E-state index in [1.54, 1.807) is 17.0 Å². The summed E-state index contributed by atoms with van der Waals surface area (Å²) in [4.78, 5) is 17.8. The second-order valence-corrected chi connectivity index (χ2v) is 10.2. The standard InChI is InChI=1S/C27H36N4O7/c1-26(2,3)38-25(33)31-21(15-37-27(31,4)5)17-10-9-11-18(24(17)36-8)23-19(20(14-32)29-30-28)12-16(34-6)13-22(23)35-7/h9-13,20-21,32H,14-15H2,1-8H3/t20-,21+/m1/s1. The van der Waals surface area contributed by atoms with E-state index in [-0.39, 0.29) is 6.61 Å². The topological polar surface area (TPSA) is 135 Å². The zero-order valence-corrected chi connectivity index (χ0v) is 23.1. The number of methoxy groups -OCH3 is 3. The van der Waals surface area contributed by atoms with Crippen LogP contribution in [0.15, 0.2) is 35.4 Å². The minimum Gasteiger partial charge on any atom is -0.497 e. The molecule has 0 aliphatic carbocycles. The molecule has 2 aromatic carbocycles. The maximum Gasteiger partial charge on any atom is 0.413 e. The van der Waals surface area contributed by atoms with E-state index in [1.165, 1.54) is 21.3 Å². The molecule has 0 unspecified atom stereocenters. The van der Waals surface area contributed by atoms with E-state index in [2.05, 4.69) is 10.0 Å². The number of carbonyl (C=O) groups excluding carboxylic acids is 1. The third-order valence-corrected chi connectivity index (χ3v) is 6.24. The predicted molar refractivity (Wildman–Crippen MR) is 141 cm³/mol. The van der Waals surface area contributed by atoms with Crippen molar-refractivity contribution in [2.24, 2.45) is 5.11 Å². The Morgan fingerprint density at radius 3 is 2.50 bits per heavy atom. The first-order valence-electron chi connectivity index (χ1n) is 12.2. The van der Waals surface area contributed by atoms with E-state index in [9.17, 15) is 9.90 Å². The number of benzene rings is 2. The fourth-order valence-electron chi connectivity index (χ4n) is 4.63. The Bertz CT molecular complexity index is 1220. The molecule has 1 saturated heterocycles. The first kappa shape index (κ1) is 28.9. The fourth-order valence-corrected chi connectivity index (χ4v) is 4.63. The normalized spacial score (nSPS) is 17.4. The summed E-state index contributed by atoms with van der Waals surface area (Å²) in [5, 5.41) is 13.8. The summed E-state index contributed by atoms with van der Waals surface area (Å²) < 4.78 is 28.8. The molecule has 3 rings (SSSR count). The van der Waals surface area contributed by atoms with Crippen LogP contribution in [0, 0.1) is 0 Å². The number of ether oxygens (including phenoxy) is 5. The summed E-state index contributed by atoms with van der Waals surface area (Å²) in [5.41, 5.74) is 9.86. The number of amides is 1. The lowest BCUT2D eigenvalue weighted by Crippen LogP contribution is -2.47. The van der Waals surface area contributed by atoms with Gasteiger partial charge in [0.25, 0.3) is 0 Å². The van der Waals surface area contributed by atoms with Crippen LogP contribution in [0.25, 0.3) is 21.6 Å². The third-order valence-electron chi connectivity index (χ3n) is 6.24. The SMILES string of the molecule is COc1cc(OC)c(-c2cccc([C@@H]3COC(C)(C)N3C(=O)OC(C)(C)C)c2OC)c([C@@H](CO)N=[N+]=[N-])c1. The number of aliphatic hydroxyl groups excluding tert-OH is 1. The molecule has 0 saturated carbocycles. The van der Waals surface area contributed by atoms with Crippen LogP contribution in [0.4, 0.5) is 4.79 Å². The summed E-state index contributed by atoms with van der Waals surface area (Å²) in [7, 11) is 4.55. The van der Waals surface area contributed by atoms with Crippen molar-refractivity contribution in [3.05, 3.63) is 51.9 Å². The predicted octanol–water partition coefficient (Wildman–Crippen LogP) is 5.77.